The summed E-state index contributed by atoms with van der Waals surface area (Å²) >= 11 is 0. The van der Waals surface area contributed by atoms with Crippen molar-refractivity contribution in [3.05, 3.63) is 35.9 Å². The van der Waals surface area contributed by atoms with Gasteiger partial charge in [0, 0.05) is 6.42 Å². The molecule has 0 heterocycles. The number of amides is 5. The normalized spacial score (nSPS) is 15.7. The number of hydrogen-bond donors (Lipinski definition) is 7. The molecule has 7 atom stereocenters. The molecule has 1 rings (SSSR count). The summed E-state index contributed by atoms with van der Waals surface area (Å²) in [6.45, 7) is 18.1. The fourth-order valence-corrected chi connectivity index (χ4v) is 5.56. The predicted octanol–water partition coefficient (Wildman–Crippen LogP) is 2.94. The quantitative estimate of drug-likeness (QED) is 0.0948. The Hall–Kier alpha value is -4.00. The molecule has 13 nitrogen and oxygen atoms in total. The Morgan fingerprint density at radius 2 is 1.16 bits per heavy atom. The van der Waals surface area contributed by atoms with E-state index in [9.17, 15) is 39.0 Å². The second-order valence-corrected chi connectivity index (χ2v) is 15.2. The van der Waals surface area contributed by atoms with Gasteiger partial charge in [-0.15, -0.1) is 0 Å². The van der Waals surface area contributed by atoms with E-state index in [2.05, 4.69) is 26.6 Å². The number of rotatable bonds is 22. The van der Waals surface area contributed by atoms with Crippen molar-refractivity contribution in [2.75, 3.05) is 0 Å². The average Bonchev–Trinajstić information content (AvgIpc) is 3.02. The zero-order chi connectivity index (χ0) is 39.0. The van der Waals surface area contributed by atoms with E-state index < -0.39 is 78.2 Å². The van der Waals surface area contributed by atoms with Gasteiger partial charge in [0.25, 0.3) is 0 Å². The summed E-state index contributed by atoms with van der Waals surface area (Å²) in [5.41, 5.74) is 0.780. The number of hydrogen-bond acceptors (Lipinski definition) is 7. The minimum absolute atomic E-state index is 0.0859. The van der Waals surface area contributed by atoms with Crippen LogP contribution in [-0.2, 0) is 35.2 Å². The van der Waals surface area contributed by atoms with E-state index >= 15 is 0 Å². The van der Waals surface area contributed by atoms with Crippen molar-refractivity contribution < 1.29 is 39.0 Å². The van der Waals surface area contributed by atoms with Crippen LogP contribution in [0.25, 0.3) is 0 Å². The van der Waals surface area contributed by atoms with Crippen molar-refractivity contribution in [1.29, 1.82) is 0 Å². The fraction of sp³-hybridized carbons (Fsp3) is 0.684. The third-order valence-electron chi connectivity index (χ3n) is 8.73. The smallest absolute Gasteiger partial charge is 0.326 e. The van der Waals surface area contributed by atoms with E-state index in [-0.39, 0.29) is 42.4 Å². The van der Waals surface area contributed by atoms with Crippen LogP contribution in [-0.4, -0.2) is 82.0 Å². The number of benzene rings is 1. The molecule has 0 aromatic heterocycles. The van der Waals surface area contributed by atoms with E-state index in [4.69, 9.17) is 0 Å². The summed E-state index contributed by atoms with van der Waals surface area (Å²) < 4.78 is 0. The zero-order valence-corrected chi connectivity index (χ0v) is 32.1. The third-order valence-corrected chi connectivity index (χ3v) is 8.73. The molecule has 0 saturated carbocycles. The molecule has 288 valence electrons. The van der Waals surface area contributed by atoms with Crippen LogP contribution in [0, 0.1) is 29.6 Å². The van der Waals surface area contributed by atoms with Gasteiger partial charge in [0.1, 0.15) is 24.2 Å². The lowest BCUT2D eigenvalue weighted by molar-refractivity contribution is -0.143. The largest absolute Gasteiger partial charge is 0.480 e. The van der Waals surface area contributed by atoms with Gasteiger partial charge in [0.15, 0.2) is 0 Å². The Morgan fingerprint density at radius 1 is 0.627 bits per heavy atom. The van der Waals surface area contributed by atoms with Crippen molar-refractivity contribution in [3.8, 4) is 0 Å². The van der Waals surface area contributed by atoms with Crippen molar-refractivity contribution in [2.45, 2.75) is 138 Å². The first-order valence-electron chi connectivity index (χ1n) is 18.2. The first kappa shape index (κ1) is 45.0. The molecule has 0 aliphatic rings. The SMILES string of the molecule is CC[C@H](C)[C@H](NC(=O)CC(O)C(Cc1ccccc1)NC(=O)[C@H](NC(=O)[C@H](CC(C)C)NC(=O)CC(C)C)C(C)C)C(=O)N[C@H](C(=O)O)C(C)C. The average molecular weight is 718 g/mol. The minimum Gasteiger partial charge on any atom is -0.480 e. The molecule has 0 aliphatic carbocycles. The molecule has 0 aliphatic heterocycles. The first-order chi connectivity index (χ1) is 23.8. The molecule has 51 heavy (non-hydrogen) atoms. The first-order valence-corrected chi connectivity index (χ1v) is 18.2. The summed E-state index contributed by atoms with van der Waals surface area (Å²) in [7, 11) is 0. The van der Waals surface area contributed by atoms with Crippen molar-refractivity contribution in [2.24, 2.45) is 29.6 Å². The second kappa shape index (κ2) is 22.0. The van der Waals surface area contributed by atoms with Crippen LogP contribution in [0.5, 0.6) is 0 Å². The predicted molar refractivity (Wildman–Crippen MR) is 196 cm³/mol. The maximum atomic E-state index is 13.8. The fourth-order valence-electron chi connectivity index (χ4n) is 5.56. The van der Waals surface area contributed by atoms with Crippen LogP contribution in [0.3, 0.4) is 0 Å². The highest BCUT2D eigenvalue weighted by atomic mass is 16.4. The molecule has 0 fully saturated rings. The number of carbonyl (C=O) groups is 6. The van der Waals surface area contributed by atoms with Gasteiger partial charge in [0.2, 0.25) is 29.5 Å². The Labute approximate surface area is 303 Å². The van der Waals surface area contributed by atoms with Crippen LogP contribution >= 0.6 is 0 Å². The van der Waals surface area contributed by atoms with E-state index in [0.717, 1.165) is 5.56 Å². The van der Waals surface area contributed by atoms with Gasteiger partial charge in [-0.25, -0.2) is 4.79 Å². The molecule has 1 aromatic rings. The van der Waals surface area contributed by atoms with E-state index in [0.29, 0.717) is 12.8 Å². The molecule has 1 aromatic carbocycles. The molecule has 7 N–H and O–H groups in total. The molecule has 0 bridgehead atoms. The number of carbonyl (C=O) groups excluding carboxylic acids is 5. The Bertz CT molecular complexity index is 1290. The number of aliphatic hydroxyl groups is 1. The van der Waals surface area contributed by atoms with Gasteiger partial charge in [-0.2, -0.15) is 0 Å². The van der Waals surface area contributed by atoms with Crippen LogP contribution < -0.4 is 26.6 Å². The van der Waals surface area contributed by atoms with Crippen LogP contribution in [0.4, 0.5) is 0 Å². The number of carboxylic acids is 1. The van der Waals surface area contributed by atoms with Crippen molar-refractivity contribution in [1.82, 2.24) is 26.6 Å². The highest BCUT2D eigenvalue weighted by molar-refractivity contribution is 5.93. The lowest BCUT2D eigenvalue weighted by atomic mass is 9.95. The summed E-state index contributed by atoms with van der Waals surface area (Å²) in [4.78, 5) is 78.1. The number of aliphatic hydroxyl groups excluding tert-OH is 1. The maximum absolute atomic E-state index is 13.8. The number of aliphatic carboxylic acids is 1. The molecule has 0 saturated heterocycles. The monoisotopic (exact) mass is 717 g/mol. The minimum atomic E-state index is -1.40. The Balaban J connectivity index is 3.24. The van der Waals surface area contributed by atoms with Gasteiger partial charge in [-0.3, -0.25) is 24.0 Å². The Kier molecular flexibility index (Phi) is 19.5. The highest BCUT2D eigenvalue weighted by Gasteiger charge is 2.34. The van der Waals surface area contributed by atoms with Gasteiger partial charge < -0.3 is 36.8 Å². The standard InChI is InChI=1S/C38H63N5O8/c1-11-25(10)34(37(49)43-33(24(8)9)38(50)51)41-31(46)20-29(44)27(19-26-15-13-12-14-16-26)40-36(48)32(23(6)7)42-35(47)28(17-21(2)3)39-30(45)18-22(4)5/h12-16,21-25,27-29,32-34,44H,11,17-20H2,1-10H3,(H,39,45)(H,40,48)(H,41,46)(H,42,47)(H,43,49)(H,50,51)/t25-,27?,28-,29?,32+,33-,34-/m0/s1. The molecule has 0 radical (unpaired) electrons. The topological polar surface area (TPSA) is 203 Å². The molecule has 13 heteroatoms. The van der Waals surface area contributed by atoms with Crippen molar-refractivity contribution >= 4 is 35.5 Å². The molecular formula is C38H63N5O8. The van der Waals surface area contributed by atoms with Crippen LogP contribution in [0.15, 0.2) is 30.3 Å². The van der Waals surface area contributed by atoms with E-state index in [1.54, 1.807) is 34.6 Å². The van der Waals surface area contributed by atoms with Gasteiger partial charge in [0.05, 0.1) is 18.6 Å². The van der Waals surface area contributed by atoms with E-state index in [1.165, 1.54) is 0 Å². The summed E-state index contributed by atoms with van der Waals surface area (Å²) in [6, 6.07) is 4.05. The van der Waals surface area contributed by atoms with E-state index in [1.807, 2.05) is 65.0 Å². The molecule has 5 amide bonds. The molecule has 0 spiro atoms. The highest BCUT2D eigenvalue weighted by Crippen LogP contribution is 2.15. The summed E-state index contributed by atoms with van der Waals surface area (Å²) in [5, 5.41) is 34.6. The van der Waals surface area contributed by atoms with Crippen LogP contribution in [0.2, 0.25) is 0 Å². The lowest BCUT2D eigenvalue weighted by Crippen LogP contribution is -2.59. The second-order valence-electron chi connectivity index (χ2n) is 15.2. The summed E-state index contributed by atoms with van der Waals surface area (Å²) in [6.07, 6.45) is -0.575. The summed E-state index contributed by atoms with van der Waals surface area (Å²) in [5.74, 6) is -4.74. The van der Waals surface area contributed by atoms with Crippen LogP contribution in [0.1, 0.15) is 100 Å². The molecule has 2 unspecified atom stereocenters. The Morgan fingerprint density at radius 3 is 1.65 bits per heavy atom. The van der Waals surface area contributed by atoms with Gasteiger partial charge in [-0.05, 0) is 48.0 Å². The third kappa shape index (κ3) is 16.3. The number of carboxylic acid groups (broad SMARTS) is 1. The maximum Gasteiger partial charge on any atom is 0.326 e. The zero-order valence-electron chi connectivity index (χ0n) is 32.1. The lowest BCUT2D eigenvalue weighted by Gasteiger charge is -2.30. The van der Waals surface area contributed by atoms with Crippen molar-refractivity contribution in [3.63, 3.8) is 0 Å². The van der Waals surface area contributed by atoms with Gasteiger partial charge in [-0.1, -0.05) is 106 Å². The number of nitrogens with one attached hydrogen (secondary N) is 5. The van der Waals surface area contributed by atoms with Gasteiger partial charge >= 0.3 is 5.97 Å². The molecular weight excluding hydrogens is 654 g/mol.